The summed E-state index contributed by atoms with van der Waals surface area (Å²) in [6, 6.07) is 7.45. The highest BCUT2D eigenvalue weighted by atomic mass is 32.2. The number of nitrogens with two attached hydrogens (primary N) is 1. The minimum absolute atomic E-state index is 0.241. The first kappa shape index (κ1) is 15.2. The second-order valence-corrected chi connectivity index (χ2v) is 7.01. The standard InChI is InChI=1S/C14H23NO2S/c1-4-13(15)9-8-11(2)12-6-5-7-14(10-12)18(3,16)17/h5-7,10-11,13H,4,8-9,15H2,1-3H3. The first-order valence-electron chi connectivity index (χ1n) is 6.40. The van der Waals surface area contributed by atoms with Gasteiger partial charge in [0.25, 0.3) is 0 Å². The molecule has 1 aromatic rings. The Morgan fingerprint density at radius 3 is 2.50 bits per heavy atom. The van der Waals surface area contributed by atoms with Crippen molar-refractivity contribution in [1.82, 2.24) is 0 Å². The molecule has 2 N–H and O–H groups in total. The van der Waals surface area contributed by atoms with Gasteiger partial charge in [-0.3, -0.25) is 0 Å². The molecule has 0 aliphatic heterocycles. The van der Waals surface area contributed by atoms with Crippen LogP contribution in [0.15, 0.2) is 29.2 Å². The van der Waals surface area contributed by atoms with Gasteiger partial charge in [-0.05, 0) is 42.9 Å². The molecule has 0 aliphatic rings. The Hall–Kier alpha value is -0.870. The maximum Gasteiger partial charge on any atom is 0.175 e. The van der Waals surface area contributed by atoms with Gasteiger partial charge in [0.15, 0.2) is 9.84 Å². The van der Waals surface area contributed by atoms with Gasteiger partial charge in [-0.1, -0.05) is 26.0 Å². The van der Waals surface area contributed by atoms with Crippen LogP contribution in [0, 0.1) is 0 Å². The molecule has 2 atom stereocenters. The van der Waals surface area contributed by atoms with E-state index in [-0.39, 0.29) is 6.04 Å². The molecule has 0 radical (unpaired) electrons. The summed E-state index contributed by atoms with van der Waals surface area (Å²) in [5, 5.41) is 0. The van der Waals surface area contributed by atoms with Gasteiger partial charge in [0.2, 0.25) is 0 Å². The Labute approximate surface area is 110 Å². The lowest BCUT2D eigenvalue weighted by molar-refractivity contribution is 0.530. The molecule has 4 heteroatoms. The number of hydrogen-bond acceptors (Lipinski definition) is 3. The Morgan fingerprint density at radius 2 is 1.94 bits per heavy atom. The van der Waals surface area contributed by atoms with Gasteiger partial charge in [0, 0.05) is 12.3 Å². The van der Waals surface area contributed by atoms with Gasteiger partial charge in [0.05, 0.1) is 4.90 Å². The predicted octanol–water partition coefficient (Wildman–Crippen LogP) is 2.71. The second-order valence-electron chi connectivity index (χ2n) is 4.99. The molecule has 0 fully saturated rings. The fraction of sp³-hybridized carbons (Fsp3) is 0.571. The summed E-state index contributed by atoms with van der Waals surface area (Å²) in [6.07, 6.45) is 4.18. The van der Waals surface area contributed by atoms with Crippen LogP contribution in [-0.4, -0.2) is 20.7 Å². The first-order valence-corrected chi connectivity index (χ1v) is 8.29. The zero-order chi connectivity index (χ0) is 13.8. The van der Waals surface area contributed by atoms with E-state index in [1.807, 2.05) is 12.1 Å². The summed E-state index contributed by atoms with van der Waals surface area (Å²) in [4.78, 5) is 0.395. The summed E-state index contributed by atoms with van der Waals surface area (Å²) in [5.74, 6) is 0.337. The smallest absolute Gasteiger partial charge is 0.175 e. The van der Waals surface area contributed by atoms with E-state index >= 15 is 0 Å². The molecule has 1 aromatic carbocycles. The van der Waals surface area contributed by atoms with E-state index in [0.29, 0.717) is 10.8 Å². The highest BCUT2D eigenvalue weighted by Gasteiger charge is 2.12. The summed E-state index contributed by atoms with van der Waals surface area (Å²) in [6.45, 7) is 4.20. The Morgan fingerprint density at radius 1 is 1.28 bits per heavy atom. The number of rotatable bonds is 6. The van der Waals surface area contributed by atoms with Crippen LogP contribution in [0.3, 0.4) is 0 Å². The molecule has 0 amide bonds. The Balaban J connectivity index is 2.78. The summed E-state index contributed by atoms with van der Waals surface area (Å²) in [7, 11) is -3.12. The van der Waals surface area contributed by atoms with Crippen LogP contribution < -0.4 is 5.73 Å². The zero-order valence-corrected chi connectivity index (χ0v) is 12.2. The third-order valence-electron chi connectivity index (χ3n) is 3.35. The number of benzene rings is 1. The van der Waals surface area contributed by atoms with Crippen molar-refractivity contribution in [2.75, 3.05) is 6.26 Å². The molecule has 0 heterocycles. The first-order chi connectivity index (χ1) is 8.34. The van der Waals surface area contributed by atoms with Gasteiger partial charge in [-0.2, -0.15) is 0 Å². The van der Waals surface area contributed by atoms with Crippen molar-refractivity contribution in [3.8, 4) is 0 Å². The third kappa shape index (κ3) is 4.42. The van der Waals surface area contributed by atoms with Gasteiger partial charge in [-0.25, -0.2) is 8.42 Å². The van der Waals surface area contributed by atoms with E-state index in [2.05, 4.69) is 13.8 Å². The van der Waals surface area contributed by atoms with Crippen molar-refractivity contribution >= 4 is 9.84 Å². The molecule has 0 saturated heterocycles. The molecule has 2 unspecified atom stereocenters. The van der Waals surface area contributed by atoms with Crippen LogP contribution in [-0.2, 0) is 9.84 Å². The average Bonchev–Trinajstić information content (AvgIpc) is 2.34. The van der Waals surface area contributed by atoms with Gasteiger partial charge >= 0.3 is 0 Å². The summed E-state index contributed by atoms with van der Waals surface area (Å²) in [5.41, 5.74) is 6.97. The zero-order valence-electron chi connectivity index (χ0n) is 11.4. The number of sulfone groups is 1. The van der Waals surface area contributed by atoms with Crippen LogP contribution in [0.1, 0.15) is 44.6 Å². The van der Waals surface area contributed by atoms with Crippen molar-refractivity contribution in [3.05, 3.63) is 29.8 Å². The molecule has 0 spiro atoms. The minimum Gasteiger partial charge on any atom is -0.328 e. The molecule has 0 bridgehead atoms. The van der Waals surface area contributed by atoms with Crippen molar-refractivity contribution in [2.45, 2.75) is 50.0 Å². The Bertz CT molecular complexity index is 482. The van der Waals surface area contributed by atoms with Gasteiger partial charge in [0.1, 0.15) is 0 Å². The normalized spacial score (nSPS) is 15.3. The molecule has 1 rings (SSSR count). The lowest BCUT2D eigenvalue weighted by Gasteiger charge is -2.15. The van der Waals surface area contributed by atoms with E-state index in [1.54, 1.807) is 12.1 Å². The maximum absolute atomic E-state index is 11.5. The number of hydrogen-bond donors (Lipinski definition) is 1. The monoisotopic (exact) mass is 269 g/mol. The van der Waals surface area contributed by atoms with E-state index in [1.165, 1.54) is 6.26 Å². The van der Waals surface area contributed by atoms with Crippen molar-refractivity contribution in [2.24, 2.45) is 5.73 Å². The highest BCUT2D eigenvalue weighted by Crippen LogP contribution is 2.23. The minimum atomic E-state index is -3.12. The molecule has 102 valence electrons. The van der Waals surface area contributed by atoms with E-state index in [0.717, 1.165) is 24.8 Å². The average molecular weight is 269 g/mol. The molecular weight excluding hydrogens is 246 g/mol. The fourth-order valence-corrected chi connectivity index (χ4v) is 2.56. The lowest BCUT2D eigenvalue weighted by atomic mass is 9.94. The lowest BCUT2D eigenvalue weighted by Crippen LogP contribution is -2.18. The summed E-state index contributed by atoms with van der Waals surface area (Å²) >= 11 is 0. The highest BCUT2D eigenvalue weighted by molar-refractivity contribution is 7.90. The van der Waals surface area contributed by atoms with Crippen LogP contribution in [0.4, 0.5) is 0 Å². The molecular formula is C14H23NO2S. The van der Waals surface area contributed by atoms with E-state index in [4.69, 9.17) is 5.73 Å². The van der Waals surface area contributed by atoms with Crippen LogP contribution >= 0.6 is 0 Å². The quantitative estimate of drug-likeness (QED) is 0.863. The van der Waals surface area contributed by atoms with E-state index in [9.17, 15) is 8.42 Å². The SMILES string of the molecule is CCC(N)CCC(C)c1cccc(S(C)(=O)=O)c1. The Kier molecular flexibility index (Phi) is 5.35. The second kappa shape index (κ2) is 6.34. The topological polar surface area (TPSA) is 60.2 Å². The third-order valence-corrected chi connectivity index (χ3v) is 4.46. The van der Waals surface area contributed by atoms with E-state index < -0.39 is 9.84 Å². The fourth-order valence-electron chi connectivity index (χ4n) is 1.89. The predicted molar refractivity (Wildman–Crippen MR) is 75.5 cm³/mol. The van der Waals surface area contributed by atoms with Gasteiger partial charge < -0.3 is 5.73 Å². The van der Waals surface area contributed by atoms with Crippen LogP contribution in [0.25, 0.3) is 0 Å². The molecule has 18 heavy (non-hydrogen) atoms. The molecule has 0 saturated carbocycles. The molecule has 3 nitrogen and oxygen atoms in total. The summed E-state index contributed by atoms with van der Waals surface area (Å²) < 4.78 is 23.0. The largest absolute Gasteiger partial charge is 0.328 e. The van der Waals surface area contributed by atoms with Crippen molar-refractivity contribution in [3.63, 3.8) is 0 Å². The van der Waals surface area contributed by atoms with Crippen molar-refractivity contribution in [1.29, 1.82) is 0 Å². The molecule has 0 aliphatic carbocycles. The van der Waals surface area contributed by atoms with Gasteiger partial charge in [-0.15, -0.1) is 0 Å². The maximum atomic E-state index is 11.5. The molecule has 0 aromatic heterocycles. The van der Waals surface area contributed by atoms with Crippen LogP contribution in [0.2, 0.25) is 0 Å². The van der Waals surface area contributed by atoms with Crippen molar-refractivity contribution < 1.29 is 8.42 Å². The van der Waals surface area contributed by atoms with Crippen LogP contribution in [0.5, 0.6) is 0 Å².